The Morgan fingerprint density at radius 1 is 0.957 bits per heavy atom. The van der Waals surface area contributed by atoms with Crippen LogP contribution < -0.4 is 0 Å². The number of nitrogens with zero attached hydrogens (tertiary/aromatic N) is 1. The van der Waals surface area contributed by atoms with Crippen molar-refractivity contribution in [3.8, 4) is 6.07 Å². The number of ether oxygens (including phenoxy) is 1. The van der Waals surface area contributed by atoms with Gasteiger partial charge in [-0.1, -0.05) is 66.7 Å². The number of hydrogen-bond acceptors (Lipinski definition) is 2. The second kappa shape index (κ2) is 6.91. The topological polar surface area (TPSA) is 33.0 Å². The molecule has 1 unspecified atom stereocenters. The van der Waals surface area contributed by atoms with E-state index in [1.807, 2.05) is 54.6 Å². The van der Waals surface area contributed by atoms with Gasteiger partial charge in [0, 0.05) is 7.11 Å². The molecule has 0 heterocycles. The van der Waals surface area contributed by atoms with Crippen LogP contribution in [0.4, 0.5) is 0 Å². The normalized spacial score (nSPS) is 12.8. The molecule has 2 heteroatoms. The Labute approximate surface area is 136 Å². The summed E-state index contributed by atoms with van der Waals surface area (Å²) in [6.45, 7) is 0. The van der Waals surface area contributed by atoms with Crippen LogP contribution in [0.2, 0.25) is 0 Å². The molecule has 0 aliphatic rings. The Bertz CT molecular complexity index is 875. The van der Waals surface area contributed by atoms with Crippen LogP contribution in [0.1, 0.15) is 17.2 Å². The highest BCUT2D eigenvalue weighted by Crippen LogP contribution is 2.26. The maximum Gasteiger partial charge on any atom is 0.102 e. The molecule has 0 radical (unpaired) electrons. The minimum Gasteiger partial charge on any atom is -0.373 e. The van der Waals surface area contributed by atoms with E-state index in [1.165, 1.54) is 10.8 Å². The summed E-state index contributed by atoms with van der Waals surface area (Å²) in [6.07, 6.45) is 1.62. The van der Waals surface area contributed by atoms with E-state index in [9.17, 15) is 5.26 Å². The number of methoxy groups -OCH3 is 1. The van der Waals surface area contributed by atoms with Gasteiger partial charge < -0.3 is 4.74 Å². The van der Waals surface area contributed by atoms with Crippen LogP contribution in [0.15, 0.2) is 78.9 Å². The fourth-order valence-corrected chi connectivity index (χ4v) is 2.65. The molecular formula is C21H17NO. The van der Waals surface area contributed by atoms with Crippen molar-refractivity contribution in [1.82, 2.24) is 0 Å². The minimum atomic E-state index is -0.255. The third kappa shape index (κ3) is 3.31. The van der Waals surface area contributed by atoms with Crippen LogP contribution in [0.5, 0.6) is 0 Å². The molecule has 0 aromatic heterocycles. The molecule has 0 spiro atoms. The highest BCUT2D eigenvalue weighted by molar-refractivity contribution is 5.83. The van der Waals surface area contributed by atoms with Crippen LogP contribution in [0, 0.1) is 11.3 Å². The third-order valence-corrected chi connectivity index (χ3v) is 3.88. The van der Waals surface area contributed by atoms with Crippen molar-refractivity contribution in [3.63, 3.8) is 0 Å². The predicted octanol–water partition coefficient (Wildman–Crippen LogP) is 5.13. The zero-order chi connectivity index (χ0) is 16.1. The predicted molar refractivity (Wildman–Crippen MR) is 93.7 cm³/mol. The van der Waals surface area contributed by atoms with Crippen molar-refractivity contribution < 1.29 is 4.74 Å². The van der Waals surface area contributed by atoms with Crippen LogP contribution in [-0.2, 0) is 4.74 Å². The van der Waals surface area contributed by atoms with Gasteiger partial charge in [-0.05, 0) is 34.0 Å². The molecule has 0 amide bonds. The molecule has 0 aliphatic heterocycles. The van der Waals surface area contributed by atoms with Crippen LogP contribution in [0.3, 0.4) is 0 Å². The van der Waals surface area contributed by atoms with E-state index < -0.39 is 0 Å². The van der Waals surface area contributed by atoms with Gasteiger partial charge in [0.05, 0.1) is 11.6 Å². The van der Waals surface area contributed by atoms with E-state index in [-0.39, 0.29) is 6.10 Å². The van der Waals surface area contributed by atoms with Crippen molar-refractivity contribution in [2.75, 3.05) is 7.11 Å². The highest BCUT2D eigenvalue weighted by atomic mass is 16.5. The lowest BCUT2D eigenvalue weighted by atomic mass is 9.99. The molecule has 0 N–H and O–H groups in total. The van der Waals surface area contributed by atoms with Crippen molar-refractivity contribution in [2.24, 2.45) is 0 Å². The van der Waals surface area contributed by atoms with Crippen molar-refractivity contribution in [1.29, 1.82) is 5.26 Å². The second-order valence-electron chi connectivity index (χ2n) is 5.32. The molecule has 23 heavy (non-hydrogen) atoms. The smallest absolute Gasteiger partial charge is 0.102 e. The molecule has 112 valence electrons. The second-order valence-corrected chi connectivity index (χ2v) is 5.32. The lowest BCUT2D eigenvalue weighted by Crippen LogP contribution is -1.99. The molecule has 0 aliphatic carbocycles. The summed E-state index contributed by atoms with van der Waals surface area (Å²) in [7, 11) is 1.66. The SMILES string of the molecule is COC(/C=C(\C#N)c1ccccc1)c1ccc2ccccc2c1. The fraction of sp³-hybridized carbons (Fsp3) is 0.0952. The highest BCUT2D eigenvalue weighted by Gasteiger charge is 2.11. The van der Waals surface area contributed by atoms with Crippen LogP contribution >= 0.6 is 0 Å². The van der Waals surface area contributed by atoms with Gasteiger partial charge in [-0.3, -0.25) is 0 Å². The summed E-state index contributed by atoms with van der Waals surface area (Å²) in [6, 6.07) is 26.4. The van der Waals surface area contributed by atoms with E-state index in [0.717, 1.165) is 11.1 Å². The van der Waals surface area contributed by atoms with Gasteiger partial charge in [-0.2, -0.15) is 5.26 Å². The zero-order valence-electron chi connectivity index (χ0n) is 12.9. The van der Waals surface area contributed by atoms with Gasteiger partial charge in [-0.25, -0.2) is 0 Å². The minimum absolute atomic E-state index is 0.255. The first-order chi connectivity index (χ1) is 11.3. The number of allylic oxidation sites excluding steroid dienone is 1. The first-order valence-corrected chi connectivity index (χ1v) is 7.50. The first kappa shape index (κ1) is 15.0. The van der Waals surface area contributed by atoms with Crippen LogP contribution in [-0.4, -0.2) is 7.11 Å². The summed E-state index contributed by atoms with van der Waals surface area (Å²) < 4.78 is 5.61. The number of rotatable bonds is 4. The number of fused-ring (bicyclic) bond motifs is 1. The maximum absolute atomic E-state index is 9.47. The molecular weight excluding hydrogens is 282 g/mol. The summed E-state index contributed by atoms with van der Waals surface area (Å²) in [5, 5.41) is 11.8. The average Bonchev–Trinajstić information content (AvgIpc) is 2.63. The van der Waals surface area contributed by atoms with Gasteiger partial charge in [0.1, 0.15) is 6.10 Å². The molecule has 3 rings (SSSR count). The van der Waals surface area contributed by atoms with E-state index in [2.05, 4.69) is 30.3 Å². The lowest BCUT2D eigenvalue weighted by Gasteiger charge is -2.13. The Morgan fingerprint density at radius 2 is 1.65 bits per heavy atom. The third-order valence-electron chi connectivity index (χ3n) is 3.88. The van der Waals surface area contributed by atoms with Crippen molar-refractivity contribution >= 4 is 16.3 Å². The molecule has 0 fully saturated rings. The van der Waals surface area contributed by atoms with Gasteiger partial charge in [0.25, 0.3) is 0 Å². The Hall–Kier alpha value is -2.89. The Kier molecular flexibility index (Phi) is 4.52. The summed E-state index contributed by atoms with van der Waals surface area (Å²) in [5.74, 6) is 0. The summed E-state index contributed by atoms with van der Waals surface area (Å²) >= 11 is 0. The maximum atomic E-state index is 9.47. The van der Waals surface area contributed by atoms with Gasteiger partial charge in [0.2, 0.25) is 0 Å². The quantitative estimate of drug-likeness (QED) is 0.625. The van der Waals surface area contributed by atoms with E-state index in [0.29, 0.717) is 5.57 Å². The summed E-state index contributed by atoms with van der Waals surface area (Å²) in [5.41, 5.74) is 2.55. The Balaban J connectivity index is 2.00. The lowest BCUT2D eigenvalue weighted by molar-refractivity contribution is 0.143. The van der Waals surface area contributed by atoms with E-state index in [1.54, 1.807) is 7.11 Å². The monoisotopic (exact) mass is 299 g/mol. The first-order valence-electron chi connectivity index (χ1n) is 7.50. The molecule has 0 saturated heterocycles. The molecule has 0 saturated carbocycles. The zero-order valence-corrected chi connectivity index (χ0v) is 12.9. The van der Waals surface area contributed by atoms with Crippen molar-refractivity contribution in [2.45, 2.75) is 6.10 Å². The van der Waals surface area contributed by atoms with Gasteiger partial charge in [0.15, 0.2) is 0 Å². The molecule has 3 aromatic rings. The number of hydrogen-bond donors (Lipinski definition) is 0. The summed E-state index contributed by atoms with van der Waals surface area (Å²) in [4.78, 5) is 0. The average molecular weight is 299 g/mol. The molecule has 3 aromatic carbocycles. The largest absolute Gasteiger partial charge is 0.373 e. The van der Waals surface area contributed by atoms with Crippen molar-refractivity contribution in [3.05, 3.63) is 90.0 Å². The van der Waals surface area contributed by atoms with Gasteiger partial charge >= 0.3 is 0 Å². The van der Waals surface area contributed by atoms with E-state index >= 15 is 0 Å². The van der Waals surface area contributed by atoms with Gasteiger partial charge in [-0.15, -0.1) is 0 Å². The molecule has 1 atom stereocenters. The fourth-order valence-electron chi connectivity index (χ4n) is 2.65. The Morgan fingerprint density at radius 3 is 2.35 bits per heavy atom. The van der Waals surface area contributed by atoms with Crippen LogP contribution in [0.25, 0.3) is 16.3 Å². The van der Waals surface area contributed by atoms with E-state index in [4.69, 9.17) is 4.74 Å². The standard InChI is InChI=1S/C21H17NO/c1-23-21(14-20(15-22)16-7-3-2-4-8-16)19-12-11-17-9-5-6-10-18(17)13-19/h2-14,21H,1H3/b20-14+. The molecule has 0 bridgehead atoms. The molecule has 2 nitrogen and oxygen atoms in total. The number of benzene rings is 3. The number of nitriles is 1.